The van der Waals surface area contributed by atoms with E-state index in [9.17, 15) is 4.79 Å². The van der Waals surface area contributed by atoms with Crippen LogP contribution in [0.2, 0.25) is 0 Å². The summed E-state index contributed by atoms with van der Waals surface area (Å²) in [5.74, 6) is 0. The predicted octanol–water partition coefficient (Wildman–Crippen LogP) is 1.21. The number of hydrogen-bond donors (Lipinski definition) is 2. The maximum atomic E-state index is 12.3. The summed E-state index contributed by atoms with van der Waals surface area (Å²) in [6.45, 7) is 0. The molecule has 0 aliphatic heterocycles. The second-order valence-electron chi connectivity index (χ2n) is 4.04. The third-order valence-electron chi connectivity index (χ3n) is 2.74. The summed E-state index contributed by atoms with van der Waals surface area (Å²) in [6.07, 6.45) is 0. The van der Waals surface area contributed by atoms with Crippen molar-refractivity contribution in [3.63, 3.8) is 0 Å². The monoisotopic (exact) mass is 305 g/mol. The Hall–Kier alpha value is -1.97. The molecule has 3 aromatic rings. The van der Waals surface area contributed by atoms with Crippen molar-refractivity contribution >= 4 is 35.8 Å². The first-order valence-corrected chi connectivity index (χ1v) is 7.05. The van der Waals surface area contributed by atoms with Gasteiger partial charge in [0, 0.05) is 0 Å². The number of nitrogen functional groups attached to an aromatic ring is 2. The molecule has 0 aliphatic carbocycles. The van der Waals surface area contributed by atoms with Crippen LogP contribution < -0.4 is 17.0 Å². The fraction of sp³-hybridized carbons (Fsp3) is 0. The van der Waals surface area contributed by atoms with Crippen molar-refractivity contribution in [2.24, 2.45) is 0 Å². The van der Waals surface area contributed by atoms with Crippen LogP contribution in [0.3, 0.4) is 0 Å². The molecule has 90 valence electrons. The number of fused-ring (bicyclic) bond motifs is 1. The Balaban J connectivity index is 2.27. The first kappa shape index (κ1) is 11.1. The number of rotatable bonds is 1. The van der Waals surface area contributed by atoms with Gasteiger partial charge in [0.25, 0.3) is 0 Å². The van der Waals surface area contributed by atoms with Crippen LogP contribution in [0.4, 0.5) is 11.4 Å². The number of anilines is 2. The van der Waals surface area contributed by atoms with Gasteiger partial charge in [-0.25, -0.2) is 0 Å². The molecule has 5 heteroatoms. The van der Waals surface area contributed by atoms with Crippen LogP contribution in [-0.4, -0.2) is 18.3 Å². The van der Waals surface area contributed by atoms with E-state index in [0.29, 0.717) is 11.4 Å². The molecule has 0 saturated carbocycles. The van der Waals surface area contributed by atoms with Crippen LogP contribution in [-0.2, 0) is 0 Å². The molecule has 0 fully saturated rings. The SMILES string of the molecule is Nc1ccc(-n2[se]c3cc(N)ccc3c2=O)cc1. The molecular formula is C13H11N3OSe. The Morgan fingerprint density at radius 2 is 1.61 bits per heavy atom. The molecule has 0 radical (unpaired) electrons. The van der Waals surface area contributed by atoms with E-state index in [1.807, 2.05) is 18.2 Å². The minimum absolute atomic E-state index is 0.0368. The Kier molecular flexibility index (Phi) is 2.51. The third-order valence-corrected chi connectivity index (χ3v) is 5.03. The van der Waals surface area contributed by atoms with Crippen LogP contribution >= 0.6 is 0 Å². The summed E-state index contributed by atoms with van der Waals surface area (Å²) >= 11 is -0.0576. The molecule has 4 nitrogen and oxygen atoms in total. The number of nitrogens with two attached hydrogens (primary N) is 2. The van der Waals surface area contributed by atoms with E-state index in [2.05, 4.69) is 0 Å². The summed E-state index contributed by atoms with van der Waals surface area (Å²) in [5, 5.41) is 0.751. The van der Waals surface area contributed by atoms with E-state index in [4.69, 9.17) is 11.5 Å². The van der Waals surface area contributed by atoms with Crippen LogP contribution in [0.1, 0.15) is 0 Å². The molecule has 0 bridgehead atoms. The Morgan fingerprint density at radius 1 is 0.944 bits per heavy atom. The van der Waals surface area contributed by atoms with Gasteiger partial charge in [-0.3, -0.25) is 0 Å². The quantitative estimate of drug-likeness (QED) is 0.524. The normalized spacial score (nSPS) is 10.9. The van der Waals surface area contributed by atoms with Crippen LogP contribution in [0.25, 0.3) is 15.3 Å². The average Bonchev–Trinajstić information content (AvgIpc) is 2.67. The van der Waals surface area contributed by atoms with Gasteiger partial charge in [-0.15, -0.1) is 0 Å². The Bertz CT molecular complexity index is 771. The fourth-order valence-corrected chi connectivity index (χ4v) is 4.02. The predicted molar refractivity (Wildman–Crippen MR) is 75.3 cm³/mol. The molecule has 1 aromatic heterocycles. The average molecular weight is 304 g/mol. The van der Waals surface area contributed by atoms with Crippen molar-refractivity contribution in [1.29, 1.82) is 0 Å². The number of benzene rings is 2. The molecule has 0 saturated heterocycles. The van der Waals surface area contributed by atoms with Crippen molar-refractivity contribution < 1.29 is 0 Å². The summed E-state index contributed by atoms with van der Waals surface area (Å²) in [7, 11) is 0. The minimum atomic E-state index is -0.0576. The molecule has 0 atom stereocenters. The van der Waals surface area contributed by atoms with Crippen LogP contribution in [0.5, 0.6) is 0 Å². The van der Waals surface area contributed by atoms with E-state index in [1.54, 1.807) is 27.8 Å². The maximum absolute atomic E-state index is 12.3. The topological polar surface area (TPSA) is 74.0 Å². The first-order chi connectivity index (χ1) is 8.65. The van der Waals surface area contributed by atoms with Crippen LogP contribution in [0.15, 0.2) is 47.3 Å². The second-order valence-corrected chi connectivity index (χ2v) is 6.11. The molecule has 4 N–H and O–H groups in total. The summed E-state index contributed by atoms with van der Waals surface area (Å²) in [4.78, 5) is 12.3. The second kappa shape index (κ2) is 4.05. The van der Waals surface area contributed by atoms with Gasteiger partial charge in [-0.1, -0.05) is 0 Å². The number of aromatic nitrogens is 1. The van der Waals surface area contributed by atoms with E-state index in [-0.39, 0.29) is 20.3 Å². The zero-order valence-corrected chi connectivity index (χ0v) is 11.2. The van der Waals surface area contributed by atoms with Gasteiger partial charge < -0.3 is 0 Å². The molecule has 0 aliphatic rings. The van der Waals surface area contributed by atoms with Crippen LogP contribution in [0, 0.1) is 0 Å². The first-order valence-electron chi connectivity index (χ1n) is 5.42. The van der Waals surface area contributed by atoms with Gasteiger partial charge in [0.1, 0.15) is 0 Å². The fourth-order valence-electron chi connectivity index (χ4n) is 1.82. The van der Waals surface area contributed by atoms with Gasteiger partial charge in [-0.2, -0.15) is 0 Å². The van der Waals surface area contributed by atoms with Crippen molar-refractivity contribution in [3.05, 3.63) is 52.8 Å². The molecule has 18 heavy (non-hydrogen) atoms. The van der Waals surface area contributed by atoms with Crippen molar-refractivity contribution in [2.75, 3.05) is 11.5 Å². The zero-order chi connectivity index (χ0) is 12.7. The molecule has 0 unspecified atom stereocenters. The summed E-state index contributed by atoms with van der Waals surface area (Å²) in [6, 6.07) is 12.8. The van der Waals surface area contributed by atoms with E-state index in [1.165, 1.54) is 0 Å². The third kappa shape index (κ3) is 1.74. The standard InChI is InChI=1S/C13H11N3OSe/c14-8-1-4-10(5-2-8)16-13(17)11-6-3-9(15)7-12(11)18-16/h1-7H,14-15H2. The summed E-state index contributed by atoms with van der Waals surface area (Å²) in [5.41, 5.74) is 13.7. The van der Waals surface area contributed by atoms with Gasteiger partial charge >= 0.3 is 109 Å². The van der Waals surface area contributed by atoms with Crippen molar-refractivity contribution in [3.8, 4) is 5.69 Å². The number of hydrogen-bond acceptors (Lipinski definition) is 3. The molecule has 3 rings (SSSR count). The summed E-state index contributed by atoms with van der Waals surface area (Å²) < 4.78 is 2.82. The van der Waals surface area contributed by atoms with Gasteiger partial charge in [0.2, 0.25) is 0 Å². The molecular weight excluding hydrogens is 293 g/mol. The molecule has 0 spiro atoms. The van der Waals surface area contributed by atoms with Gasteiger partial charge in [0.15, 0.2) is 0 Å². The molecule has 1 heterocycles. The van der Waals surface area contributed by atoms with E-state index < -0.39 is 0 Å². The van der Waals surface area contributed by atoms with E-state index in [0.717, 1.165) is 15.3 Å². The van der Waals surface area contributed by atoms with Gasteiger partial charge in [-0.05, 0) is 0 Å². The molecule has 0 amide bonds. The van der Waals surface area contributed by atoms with E-state index >= 15 is 0 Å². The zero-order valence-electron chi connectivity index (χ0n) is 9.46. The Morgan fingerprint density at radius 3 is 2.33 bits per heavy atom. The molecule has 2 aromatic carbocycles. The van der Waals surface area contributed by atoms with Gasteiger partial charge in [0.05, 0.1) is 0 Å². The number of nitrogens with zero attached hydrogens (tertiary/aromatic N) is 1. The van der Waals surface area contributed by atoms with Crippen molar-refractivity contribution in [1.82, 2.24) is 3.56 Å². The Labute approximate surface area is 109 Å². The van der Waals surface area contributed by atoms with Crippen molar-refractivity contribution in [2.45, 2.75) is 0 Å².